The maximum atomic E-state index is 11.8. The Labute approximate surface area is 154 Å². The molecule has 2 aromatic rings. The lowest BCUT2D eigenvalue weighted by Crippen LogP contribution is -2.25. The van der Waals surface area contributed by atoms with Crippen LogP contribution in [-0.4, -0.2) is 26.2 Å². The molecular weight excluding hydrogens is 338 g/mol. The zero-order valence-corrected chi connectivity index (χ0v) is 15.4. The number of rotatable bonds is 9. The van der Waals surface area contributed by atoms with Crippen LogP contribution in [-0.2, 0) is 11.2 Å². The van der Waals surface area contributed by atoms with Gasteiger partial charge in [-0.3, -0.25) is 4.79 Å². The molecule has 0 aliphatic carbocycles. The molecule has 0 fully saturated rings. The predicted octanol–water partition coefficient (Wildman–Crippen LogP) is 4.17. The maximum Gasteiger partial charge on any atom is 0.220 e. The first-order chi connectivity index (χ1) is 12.1. The second-order valence-electron chi connectivity index (χ2n) is 5.81. The van der Waals surface area contributed by atoms with Crippen LogP contribution in [0.4, 0.5) is 0 Å². The summed E-state index contributed by atoms with van der Waals surface area (Å²) in [5.41, 5.74) is 2.15. The lowest BCUT2D eigenvalue weighted by Gasteiger charge is -2.08. The summed E-state index contributed by atoms with van der Waals surface area (Å²) in [6.07, 6.45) is 1.93. The van der Waals surface area contributed by atoms with E-state index in [0.717, 1.165) is 28.5 Å². The van der Waals surface area contributed by atoms with Crippen LogP contribution in [0.3, 0.4) is 0 Å². The quantitative estimate of drug-likeness (QED) is 0.682. The summed E-state index contributed by atoms with van der Waals surface area (Å²) in [6, 6.07) is 13.4. The van der Waals surface area contributed by atoms with Gasteiger partial charge in [-0.25, -0.2) is 0 Å². The average molecular weight is 362 g/mol. The van der Waals surface area contributed by atoms with Crippen molar-refractivity contribution in [3.63, 3.8) is 0 Å². The molecule has 0 heterocycles. The lowest BCUT2D eigenvalue weighted by molar-refractivity contribution is -0.121. The van der Waals surface area contributed by atoms with Crippen molar-refractivity contribution in [1.29, 1.82) is 0 Å². The molecule has 1 N–H and O–H groups in total. The monoisotopic (exact) mass is 361 g/mol. The molecule has 0 aromatic heterocycles. The standard InChI is InChI=1S/C20H24ClNO3/c1-15-14-18(9-10-19(15)21)25-13-3-4-20(23)22-12-11-16-5-7-17(24-2)8-6-16/h5-10,14H,3-4,11-13H2,1-2H3,(H,22,23). The van der Waals surface area contributed by atoms with Crippen molar-refractivity contribution in [2.75, 3.05) is 20.3 Å². The van der Waals surface area contributed by atoms with Crippen molar-refractivity contribution >= 4 is 17.5 Å². The Morgan fingerprint density at radius 3 is 2.52 bits per heavy atom. The highest BCUT2D eigenvalue weighted by Crippen LogP contribution is 2.21. The number of halogens is 1. The Balaban J connectivity index is 1.59. The van der Waals surface area contributed by atoms with E-state index in [-0.39, 0.29) is 5.91 Å². The van der Waals surface area contributed by atoms with Gasteiger partial charge in [0.25, 0.3) is 0 Å². The van der Waals surface area contributed by atoms with Crippen LogP contribution < -0.4 is 14.8 Å². The summed E-state index contributed by atoms with van der Waals surface area (Å²) >= 11 is 5.98. The van der Waals surface area contributed by atoms with Crippen LogP contribution in [0.15, 0.2) is 42.5 Å². The van der Waals surface area contributed by atoms with Gasteiger partial charge in [-0.05, 0) is 61.2 Å². The van der Waals surface area contributed by atoms with E-state index < -0.39 is 0 Å². The number of nitrogens with one attached hydrogen (secondary N) is 1. The van der Waals surface area contributed by atoms with Gasteiger partial charge < -0.3 is 14.8 Å². The molecule has 134 valence electrons. The number of carbonyl (C=O) groups excluding carboxylic acids is 1. The predicted molar refractivity (Wildman–Crippen MR) is 101 cm³/mol. The maximum absolute atomic E-state index is 11.8. The Morgan fingerprint density at radius 2 is 1.84 bits per heavy atom. The van der Waals surface area contributed by atoms with Crippen LogP contribution in [0.25, 0.3) is 0 Å². The van der Waals surface area contributed by atoms with E-state index in [1.807, 2.05) is 49.4 Å². The van der Waals surface area contributed by atoms with Gasteiger partial charge >= 0.3 is 0 Å². The molecule has 2 rings (SSSR count). The van der Waals surface area contributed by atoms with E-state index in [1.165, 1.54) is 5.56 Å². The van der Waals surface area contributed by atoms with E-state index in [0.29, 0.717) is 26.0 Å². The third-order valence-corrected chi connectivity index (χ3v) is 4.27. The zero-order chi connectivity index (χ0) is 18.1. The van der Waals surface area contributed by atoms with Crippen LogP contribution in [0.5, 0.6) is 11.5 Å². The molecular formula is C20H24ClNO3. The van der Waals surface area contributed by atoms with Crippen LogP contribution in [0.2, 0.25) is 5.02 Å². The Kier molecular flexibility index (Phi) is 7.61. The van der Waals surface area contributed by atoms with Crippen LogP contribution >= 0.6 is 11.6 Å². The number of benzene rings is 2. The van der Waals surface area contributed by atoms with E-state index >= 15 is 0 Å². The average Bonchev–Trinajstić information content (AvgIpc) is 2.62. The number of carbonyl (C=O) groups is 1. The van der Waals surface area contributed by atoms with E-state index in [1.54, 1.807) is 7.11 Å². The van der Waals surface area contributed by atoms with Crippen molar-refractivity contribution in [2.24, 2.45) is 0 Å². The first-order valence-electron chi connectivity index (χ1n) is 8.37. The van der Waals surface area contributed by atoms with Crippen molar-refractivity contribution in [2.45, 2.75) is 26.2 Å². The van der Waals surface area contributed by atoms with Crippen molar-refractivity contribution in [3.8, 4) is 11.5 Å². The largest absolute Gasteiger partial charge is 0.497 e. The summed E-state index contributed by atoms with van der Waals surface area (Å²) in [5, 5.41) is 3.66. The normalized spacial score (nSPS) is 10.4. The van der Waals surface area contributed by atoms with Gasteiger partial charge in [0.1, 0.15) is 11.5 Å². The van der Waals surface area contributed by atoms with Gasteiger partial charge in [0.05, 0.1) is 13.7 Å². The van der Waals surface area contributed by atoms with Gasteiger partial charge in [-0.1, -0.05) is 23.7 Å². The number of ether oxygens (including phenoxy) is 2. The van der Waals surface area contributed by atoms with Crippen molar-refractivity contribution in [3.05, 3.63) is 58.6 Å². The second-order valence-corrected chi connectivity index (χ2v) is 6.22. The summed E-state index contributed by atoms with van der Waals surface area (Å²) in [7, 11) is 1.65. The zero-order valence-electron chi connectivity index (χ0n) is 14.7. The fourth-order valence-electron chi connectivity index (χ4n) is 2.36. The molecule has 25 heavy (non-hydrogen) atoms. The molecule has 0 spiro atoms. The van der Waals surface area contributed by atoms with Gasteiger partial charge in [-0.2, -0.15) is 0 Å². The summed E-state index contributed by atoms with van der Waals surface area (Å²) in [5.74, 6) is 1.66. The third kappa shape index (κ3) is 6.67. The molecule has 1 amide bonds. The molecule has 0 saturated carbocycles. The number of hydrogen-bond donors (Lipinski definition) is 1. The fraction of sp³-hybridized carbons (Fsp3) is 0.350. The number of methoxy groups -OCH3 is 1. The minimum Gasteiger partial charge on any atom is -0.497 e. The van der Waals surface area contributed by atoms with Crippen LogP contribution in [0.1, 0.15) is 24.0 Å². The number of hydrogen-bond acceptors (Lipinski definition) is 3. The molecule has 4 nitrogen and oxygen atoms in total. The number of amides is 1. The number of aryl methyl sites for hydroxylation is 1. The van der Waals surface area contributed by atoms with E-state index in [2.05, 4.69) is 5.32 Å². The highest BCUT2D eigenvalue weighted by atomic mass is 35.5. The SMILES string of the molecule is COc1ccc(CCNC(=O)CCCOc2ccc(Cl)c(C)c2)cc1. The van der Waals surface area contributed by atoms with Gasteiger partial charge in [0.2, 0.25) is 5.91 Å². The summed E-state index contributed by atoms with van der Waals surface area (Å²) in [4.78, 5) is 11.8. The van der Waals surface area contributed by atoms with Crippen molar-refractivity contribution < 1.29 is 14.3 Å². The fourth-order valence-corrected chi connectivity index (χ4v) is 2.47. The molecule has 5 heteroatoms. The van der Waals surface area contributed by atoms with E-state index in [4.69, 9.17) is 21.1 Å². The molecule has 0 unspecified atom stereocenters. The Bertz CT molecular complexity index is 686. The smallest absolute Gasteiger partial charge is 0.220 e. The molecule has 0 radical (unpaired) electrons. The molecule has 0 atom stereocenters. The summed E-state index contributed by atoms with van der Waals surface area (Å²) < 4.78 is 10.8. The first-order valence-corrected chi connectivity index (χ1v) is 8.75. The topological polar surface area (TPSA) is 47.6 Å². The first kappa shape index (κ1) is 19.1. The summed E-state index contributed by atoms with van der Waals surface area (Å²) in [6.45, 7) is 3.07. The highest BCUT2D eigenvalue weighted by Gasteiger charge is 2.03. The van der Waals surface area contributed by atoms with Gasteiger partial charge in [0, 0.05) is 18.0 Å². The van der Waals surface area contributed by atoms with Crippen molar-refractivity contribution in [1.82, 2.24) is 5.32 Å². The lowest BCUT2D eigenvalue weighted by atomic mass is 10.1. The molecule has 0 bridgehead atoms. The van der Waals surface area contributed by atoms with Gasteiger partial charge in [0.15, 0.2) is 0 Å². The Morgan fingerprint density at radius 1 is 1.12 bits per heavy atom. The molecule has 0 aliphatic heterocycles. The molecule has 0 saturated heterocycles. The second kappa shape index (κ2) is 9.94. The third-order valence-electron chi connectivity index (χ3n) is 3.84. The molecule has 2 aromatic carbocycles. The van der Waals surface area contributed by atoms with Crippen LogP contribution in [0, 0.1) is 6.92 Å². The van der Waals surface area contributed by atoms with Gasteiger partial charge in [-0.15, -0.1) is 0 Å². The van der Waals surface area contributed by atoms with E-state index in [9.17, 15) is 4.79 Å². The highest BCUT2D eigenvalue weighted by molar-refractivity contribution is 6.31. The molecule has 0 aliphatic rings. The minimum absolute atomic E-state index is 0.0457. The Hall–Kier alpha value is -2.20. The minimum atomic E-state index is 0.0457.